The van der Waals surface area contributed by atoms with Crippen molar-refractivity contribution in [1.29, 1.82) is 0 Å². The van der Waals surface area contributed by atoms with Gasteiger partial charge in [-0.25, -0.2) is 0 Å². The quantitative estimate of drug-likeness (QED) is 0.438. The molecule has 0 aliphatic heterocycles. The molecule has 0 aliphatic carbocycles. The van der Waals surface area contributed by atoms with Crippen molar-refractivity contribution in [3.63, 3.8) is 0 Å². The maximum absolute atomic E-state index is 11.9. The van der Waals surface area contributed by atoms with Crippen molar-refractivity contribution in [2.24, 2.45) is 5.41 Å². The van der Waals surface area contributed by atoms with Crippen molar-refractivity contribution < 1.29 is 9.53 Å². The molecule has 0 saturated heterocycles. The summed E-state index contributed by atoms with van der Waals surface area (Å²) >= 11 is 0. The van der Waals surface area contributed by atoms with Gasteiger partial charge in [0, 0.05) is 5.39 Å². The van der Waals surface area contributed by atoms with Crippen LogP contribution < -0.4 is 4.74 Å². The van der Waals surface area contributed by atoms with Gasteiger partial charge in [0.2, 0.25) is 0 Å². The molecule has 2 aromatic carbocycles. The van der Waals surface area contributed by atoms with E-state index in [-0.39, 0.29) is 5.97 Å². The number of ether oxygens (including phenoxy) is 1. The first kappa shape index (κ1) is 13.2. The highest BCUT2D eigenvalue weighted by atomic mass is 16.5. The molecule has 2 rings (SSSR count). The van der Waals surface area contributed by atoms with Gasteiger partial charge in [-0.3, -0.25) is 4.79 Å². The van der Waals surface area contributed by atoms with E-state index in [4.69, 9.17) is 11.2 Å². The summed E-state index contributed by atoms with van der Waals surface area (Å²) in [6, 6.07) is 11.4. The molecule has 19 heavy (non-hydrogen) atoms. The molecule has 0 aliphatic rings. The summed E-state index contributed by atoms with van der Waals surface area (Å²) in [5.41, 5.74) is 0.0630. The summed E-state index contributed by atoms with van der Waals surface area (Å²) in [6.45, 7) is 5.43. The summed E-state index contributed by atoms with van der Waals surface area (Å²) < 4.78 is 5.43. The Balaban J connectivity index is 2.51. The van der Waals surface area contributed by atoms with Crippen LogP contribution in [-0.4, -0.2) is 5.97 Å². The highest BCUT2D eigenvalue weighted by Crippen LogP contribution is 2.29. The summed E-state index contributed by atoms with van der Waals surface area (Å²) in [5, 5.41) is 1.95. The zero-order valence-electron chi connectivity index (χ0n) is 11.4. The molecule has 0 aromatic heterocycles. The Morgan fingerprint density at radius 2 is 1.84 bits per heavy atom. The van der Waals surface area contributed by atoms with E-state index in [0.29, 0.717) is 11.3 Å². The van der Waals surface area contributed by atoms with Gasteiger partial charge in [-0.05, 0) is 32.2 Å². The topological polar surface area (TPSA) is 26.3 Å². The van der Waals surface area contributed by atoms with E-state index >= 15 is 0 Å². The molecule has 2 nitrogen and oxygen atoms in total. The second kappa shape index (κ2) is 4.78. The third-order valence-corrected chi connectivity index (χ3v) is 2.85. The lowest BCUT2D eigenvalue weighted by Crippen LogP contribution is -2.25. The van der Waals surface area contributed by atoms with E-state index < -0.39 is 5.41 Å². The van der Waals surface area contributed by atoms with Crippen LogP contribution in [0.3, 0.4) is 0 Å². The molecule has 0 atom stereocenters. The highest BCUT2D eigenvalue weighted by Gasteiger charge is 2.24. The lowest BCUT2D eigenvalue weighted by atomic mass is 9.97. The first-order valence-electron chi connectivity index (χ1n) is 6.14. The normalized spacial score (nSPS) is 11.1. The van der Waals surface area contributed by atoms with Crippen LogP contribution in [0.25, 0.3) is 10.8 Å². The van der Waals surface area contributed by atoms with Crippen molar-refractivity contribution in [3.8, 4) is 18.1 Å². The fraction of sp³-hybridized carbons (Fsp3) is 0.235. The molecule has 0 radical (unpaired) electrons. The van der Waals surface area contributed by atoms with Gasteiger partial charge in [0.1, 0.15) is 5.75 Å². The Labute approximate surface area is 113 Å². The van der Waals surface area contributed by atoms with Crippen LogP contribution in [0.4, 0.5) is 0 Å². The number of fused-ring (bicyclic) bond motifs is 1. The Morgan fingerprint density at radius 1 is 1.16 bits per heavy atom. The van der Waals surface area contributed by atoms with Gasteiger partial charge in [-0.2, -0.15) is 0 Å². The molecular formula is C17H16O2. The second-order valence-corrected chi connectivity index (χ2v) is 5.44. The van der Waals surface area contributed by atoms with Gasteiger partial charge >= 0.3 is 5.97 Å². The van der Waals surface area contributed by atoms with Gasteiger partial charge < -0.3 is 4.74 Å². The molecule has 0 bridgehead atoms. The smallest absolute Gasteiger partial charge is 0.316 e. The highest BCUT2D eigenvalue weighted by molar-refractivity contribution is 5.91. The average Bonchev–Trinajstić information content (AvgIpc) is 2.37. The first-order chi connectivity index (χ1) is 8.93. The minimum Gasteiger partial charge on any atom is -0.425 e. The minimum atomic E-state index is -0.558. The van der Waals surface area contributed by atoms with Crippen molar-refractivity contribution in [2.75, 3.05) is 0 Å². The molecule has 2 heteroatoms. The fourth-order valence-electron chi connectivity index (χ4n) is 1.74. The Hall–Kier alpha value is -2.27. The molecule has 0 spiro atoms. The minimum absolute atomic E-state index is 0.292. The SMILES string of the molecule is C#Cc1c(OC(=O)C(C)(C)C)ccc2ccccc12. The van der Waals surface area contributed by atoms with Crippen molar-refractivity contribution >= 4 is 16.7 Å². The third-order valence-electron chi connectivity index (χ3n) is 2.85. The van der Waals surface area contributed by atoms with E-state index in [1.54, 1.807) is 6.07 Å². The van der Waals surface area contributed by atoms with Crippen LogP contribution in [-0.2, 0) is 4.79 Å². The molecule has 0 N–H and O–H groups in total. The van der Waals surface area contributed by atoms with E-state index in [9.17, 15) is 4.79 Å². The number of hydrogen-bond donors (Lipinski definition) is 0. The van der Waals surface area contributed by atoms with E-state index in [1.807, 2.05) is 51.1 Å². The van der Waals surface area contributed by atoms with Crippen LogP contribution >= 0.6 is 0 Å². The number of rotatable bonds is 1. The van der Waals surface area contributed by atoms with Crippen LogP contribution in [0.1, 0.15) is 26.3 Å². The number of terminal acetylenes is 1. The number of carbonyl (C=O) groups excluding carboxylic acids is 1. The molecule has 0 fully saturated rings. The Morgan fingerprint density at radius 3 is 2.47 bits per heavy atom. The summed E-state index contributed by atoms with van der Waals surface area (Å²) in [4.78, 5) is 11.9. The molecule has 0 heterocycles. The van der Waals surface area contributed by atoms with Crippen LogP contribution in [0.2, 0.25) is 0 Å². The molecule has 0 unspecified atom stereocenters. The maximum atomic E-state index is 11.9. The number of esters is 1. The molecule has 0 amide bonds. The summed E-state index contributed by atoms with van der Waals surface area (Å²) in [5.74, 6) is 2.77. The van der Waals surface area contributed by atoms with Crippen molar-refractivity contribution in [2.45, 2.75) is 20.8 Å². The second-order valence-electron chi connectivity index (χ2n) is 5.44. The maximum Gasteiger partial charge on any atom is 0.316 e. The number of hydrogen-bond acceptors (Lipinski definition) is 2. The largest absolute Gasteiger partial charge is 0.425 e. The van der Waals surface area contributed by atoms with Crippen LogP contribution in [0.5, 0.6) is 5.75 Å². The fourth-order valence-corrected chi connectivity index (χ4v) is 1.74. The van der Waals surface area contributed by atoms with E-state index in [0.717, 1.165) is 10.8 Å². The Bertz CT molecular complexity index is 670. The molecule has 2 aromatic rings. The third kappa shape index (κ3) is 2.61. The lowest BCUT2D eigenvalue weighted by Gasteiger charge is -2.17. The van der Waals surface area contributed by atoms with Crippen LogP contribution in [0.15, 0.2) is 36.4 Å². The van der Waals surface area contributed by atoms with Crippen molar-refractivity contribution in [1.82, 2.24) is 0 Å². The van der Waals surface area contributed by atoms with Gasteiger partial charge in [-0.15, -0.1) is 6.42 Å². The van der Waals surface area contributed by atoms with E-state index in [2.05, 4.69) is 5.92 Å². The summed E-state index contributed by atoms with van der Waals surface area (Å²) in [6.07, 6.45) is 5.56. The molecule has 0 saturated carbocycles. The van der Waals surface area contributed by atoms with E-state index in [1.165, 1.54) is 0 Å². The van der Waals surface area contributed by atoms with Crippen molar-refractivity contribution in [3.05, 3.63) is 42.0 Å². The summed E-state index contributed by atoms with van der Waals surface area (Å²) in [7, 11) is 0. The van der Waals surface area contributed by atoms with Gasteiger partial charge in [-0.1, -0.05) is 36.3 Å². The van der Waals surface area contributed by atoms with Gasteiger partial charge in [0.05, 0.1) is 11.0 Å². The monoisotopic (exact) mass is 252 g/mol. The Kier molecular flexibility index (Phi) is 3.31. The zero-order valence-corrected chi connectivity index (χ0v) is 11.4. The average molecular weight is 252 g/mol. The zero-order chi connectivity index (χ0) is 14.0. The van der Waals surface area contributed by atoms with Crippen LogP contribution in [0, 0.1) is 17.8 Å². The number of benzene rings is 2. The predicted octanol–water partition coefficient (Wildman–Crippen LogP) is 3.77. The first-order valence-corrected chi connectivity index (χ1v) is 6.14. The standard InChI is InChI=1S/C17H16O2/c1-5-13-14-9-7-6-8-12(14)10-11-15(13)19-16(18)17(2,3)4/h1,6-11H,2-4H3. The molecule has 96 valence electrons. The van der Waals surface area contributed by atoms with Gasteiger partial charge in [0.15, 0.2) is 0 Å². The lowest BCUT2D eigenvalue weighted by molar-refractivity contribution is -0.143. The molecular weight excluding hydrogens is 236 g/mol. The van der Waals surface area contributed by atoms with Gasteiger partial charge in [0.25, 0.3) is 0 Å². The predicted molar refractivity (Wildman–Crippen MR) is 77.0 cm³/mol. The number of carbonyl (C=O) groups is 1.